The molecule has 4 heterocycles. The first-order valence-corrected chi connectivity index (χ1v) is 12.4. The van der Waals surface area contributed by atoms with E-state index >= 15 is 0 Å². The first-order valence-electron chi connectivity index (χ1n) is 12.4. The molecular formula is C31H25N5O. The maximum absolute atomic E-state index is 13.5. The molecule has 6 nitrogen and oxygen atoms in total. The van der Waals surface area contributed by atoms with Gasteiger partial charge in [-0.15, -0.1) is 0 Å². The van der Waals surface area contributed by atoms with Gasteiger partial charge in [-0.25, -0.2) is 4.79 Å². The molecule has 0 radical (unpaired) electrons. The fourth-order valence-electron chi connectivity index (χ4n) is 5.27. The smallest absolute Gasteiger partial charge is 0.293 e. The van der Waals surface area contributed by atoms with Gasteiger partial charge in [0, 0.05) is 40.7 Å². The molecule has 6 aromatic rings. The average molecular weight is 484 g/mol. The van der Waals surface area contributed by atoms with Gasteiger partial charge >= 0.3 is 5.69 Å². The van der Waals surface area contributed by atoms with Crippen molar-refractivity contribution in [2.24, 2.45) is 12.0 Å². The summed E-state index contributed by atoms with van der Waals surface area (Å²) >= 11 is 0. The van der Waals surface area contributed by atoms with Crippen LogP contribution in [-0.2, 0) is 12.5 Å². The van der Waals surface area contributed by atoms with Crippen LogP contribution >= 0.6 is 0 Å². The van der Waals surface area contributed by atoms with Gasteiger partial charge in [-0.1, -0.05) is 50.2 Å². The van der Waals surface area contributed by atoms with Crippen molar-refractivity contribution in [1.82, 2.24) is 19.1 Å². The highest BCUT2D eigenvalue weighted by Crippen LogP contribution is 2.33. The summed E-state index contributed by atoms with van der Waals surface area (Å²) in [6, 6.07) is 24.7. The number of aromatic nitrogens is 4. The van der Waals surface area contributed by atoms with E-state index in [1.165, 1.54) is 11.3 Å². The maximum atomic E-state index is 13.5. The third-order valence-electron chi connectivity index (χ3n) is 7.69. The number of rotatable bonds is 4. The van der Waals surface area contributed by atoms with Crippen LogP contribution in [0.3, 0.4) is 0 Å². The molecule has 180 valence electrons. The molecule has 6 heteroatoms. The lowest BCUT2D eigenvalue weighted by molar-refractivity contribution is 0.729. The normalized spacial score (nSPS) is 13.4. The van der Waals surface area contributed by atoms with Crippen LogP contribution in [0.15, 0.2) is 95.0 Å². The number of aliphatic imine (C=N–C) groups is 1. The van der Waals surface area contributed by atoms with E-state index in [9.17, 15) is 4.79 Å². The molecule has 0 saturated heterocycles. The molecule has 3 aromatic heterocycles. The number of benzene rings is 3. The van der Waals surface area contributed by atoms with E-state index in [2.05, 4.69) is 65.2 Å². The van der Waals surface area contributed by atoms with Crippen LogP contribution in [0.2, 0.25) is 0 Å². The lowest BCUT2D eigenvalue weighted by atomic mass is 9.82. The predicted octanol–water partition coefficient (Wildman–Crippen LogP) is 5.82. The minimum absolute atomic E-state index is 0.0956. The summed E-state index contributed by atoms with van der Waals surface area (Å²) in [5.41, 5.74) is 8.56. The van der Waals surface area contributed by atoms with Crippen LogP contribution in [0.1, 0.15) is 19.4 Å². The van der Waals surface area contributed by atoms with Gasteiger partial charge in [0.05, 0.1) is 40.5 Å². The second-order valence-corrected chi connectivity index (χ2v) is 10.3. The van der Waals surface area contributed by atoms with E-state index in [4.69, 9.17) is 0 Å². The van der Waals surface area contributed by atoms with Gasteiger partial charge < -0.3 is 0 Å². The number of para-hydroxylation sites is 1. The molecule has 0 amide bonds. The third kappa shape index (κ3) is 3.33. The number of imidazole rings is 1. The Balaban J connectivity index is 1.43. The molecule has 3 aromatic carbocycles. The van der Waals surface area contributed by atoms with Crippen molar-refractivity contribution in [3.05, 3.63) is 101 Å². The summed E-state index contributed by atoms with van der Waals surface area (Å²) in [5.74, 6) is 0. The zero-order chi connectivity index (χ0) is 25.3. The molecule has 37 heavy (non-hydrogen) atoms. The van der Waals surface area contributed by atoms with Crippen molar-refractivity contribution in [1.29, 1.82) is 0 Å². The molecular weight excluding hydrogens is 458 g/mol. The van der Waals surface area contributed by atoms with Gasteiger partial charge in [-0.3, -0.25) is 24.1 Å². The van der Waals surface area contributed by atoms with Crippen molar-refractivity contribution < 1.29 is 0 Å². The van der Waals surface area contributed by atoms with Gasteiger partial charge in [0.25, 0.3) is 0 Å². The summed E-state index contributed by atoms with van der Waals surface area (Å²) < 4.78 is 3.47. The van der Waals surface area contributed by atoms with E-state index in [0.29, 0.717) is 0 Å². The quantitative estimate of drug-likeness (QED) is 0.317. The monoisotopic (exact) mass is 483 g/mol. The highest BCUT2D eigenvalue weighted by Gasteiger charge is 2.32. The Kier molecular flexibility index (Phi) is 4.52. The van der Waals surface area contributed by atoms with Crippen LogP contribution in [0.25, 0.3) is 49.7 Å². The van der Waals surface area contributed by atoms with Gasteiger partial charge in [-0.2, -0.15) is 0 Å². The lowest BCUT2D eigenvalue weighted by Gasteiger charge is -2.21. The van der Waals surface area contributed by atoms with Crippen molar-refractivity contribution in [3.63, 3.8) is 0 Å². The van der Waals surface area contributed by atoms with E-state index in [1.54, 1.807) is 22.4 Å². The zero-order valence-electron chi connectivity index (χ0n) is 20.9. The Morgan fingerprint density at radius 1 is 0.838 bits per heavy atom. The molecule has 0 aliphatic carbocycles. The third-order valence-corrected chi connectivity index (χ3v) is 7.69. The Labute approximate surface area is 213 Å². The standard InChI is InChI=1S/C31H25N5O/c1-31(2,28-18-34-28)22-9-11-23(12-10-22)36-29-24-15-19(21-14-20-6-4-5-7-25(20)32-16-21)8-13-26(24)33-17-27(29)35(3)30(36)37/h4-17H,18H2,1-3H3. The first kappa shape index (κ1) is 21.7. The van der Waals surface area contributed by atoms with Crippen molar-refractivity contribution in [2.45, 2.75) is 19.3 Å². The number of hydrogen-bond donors (Lipinski definition) is 0. The van der Waals surface area contributed by atoms with Gasteiger partial charge in [0.2, 0.25) is 0 Å². The summed E-state index contributed by atoms with van der Waals surface area (Å²) in [5, 5.41) is 2.02. The molecule has 0 unspecified atom stereocenters. The highest BCUT2D eigenvalue weighted by atomic mass is 16.1. The first-order chi connectivity index (χ1) is 17.9. The molecule has 1 aliphatic rings. The Bertz CT molecular complexity index is 1960. The SMILES string of the molecule is Cn1c(=O)n(-c2ccc(C(C)(C)C3=NC3)cc2)c2c3cc(-c4cnc5ccccc5c4)ccc3ncc21. The number of pyridine rings is 2. The van der Waals surface area contributed by atoms with Crippen LogP contribution < -0.4 is 5.69 Å². The summed E-state index contributed by atoms with van der Waals surface area (Å²) in [7, 11) is 1.80. The summed E-state index contributed by atoms with van der Waals surface area (Å²) in [6.07, 6.45) is 3.69. The molecule has 0 N–H and O–H groups in total. The van der Waals surface area contributed by atoms with Crippen molar-refractivity contribution in [2.75, 3.05) is 6.54 Å². The number of aryl methyl sites for hydroxylation is 1. The molecule has 1 aliphatic heterocycles. The summed E-state index contributed by atoms with van der Waals surface area (Å²) in [6.45, 7) is 5.23. The van der Waals surface area contributed by atoms with E-state index < -0.39 is 0 Å². The van der Waals surface area contributed by atoms with Gasteiger partial charge in [0.15, 0.2) is 0 Å². The molecule has 0 bridgehead atoms. The highest BCUT2D eigenvalue weighted by molar-refractivity contribution is 6.05. The van der Waals surface area contributed by atoms with Crippen LogP contribution in [0.4, 0.5) is 0 Å². The van der Waals surface area contributed by atoms with Gasteiger partial charge in [-0.05, 0) is 47.5 Å². The molecule has 7 rings (SSSR count). The van der Waals surface area contributed by atoms with Crippen molar-refractivity contribution >= 4 is 38.6 Å². The Morgan fingerprint density at radius 3 is 2.38 bits per heavy atom. The number of fused-ring (bicyclic) bond motifs is 4. The predicted molar refractivity (Wildman–Crippen MR) is 150 cm³/mol. The Hall–Kier alpha value is -4.58. The molecule has 0 fully saturated rings. The molecule has 0 saturated carbocycles. The second kappa shape index (κ2) is 7.71. The molecule has 0 spiro atoms. The minimum atomic E-state index is -0.0966. The topological polar surface area (TPSA) is 65.1 Å². The zero-order valence-corrected chi connectivity index (χ0v) is 20.9. The fraction of sp³-hybridized carbons (Fsp3) is 0.161. The Morgan fingerprint density at radius 2 is 1.59 bits per heavy atom. The minimum Gasteiger partial charge on any atom is -0.293 e. The lowest BCUT2D eigenvalue weighted by Crippen LogP contribution is -2.24. The van der Waals surface area contributed by atoms with Crippen LogP contribution in [0, 0.1) is 0 Å². The number of nitrogens with zero attached hydrogens (tertiary/aromatic N) is 5. The molecule has 0 atom stereocenters. The van der Waals surface area contributed by atoms with E-state index in [1.807, 2.05) is 42.6 Å². The number of hydrogen-bond acceptors (Lipinski definition) is 4. The van der Waals surface area contributed by atoms with Gasteiger partial charge in [0.1, 0.15) is 0 Å². The maximum Gasteiger partial charge on any atom is 0.333 e. The van der Waals surface area contributed by atoms with Crippen LogP contribution in [-0.4, -0.2) is 31.4 Å². The van der Waals surface area contributed by atoms with Crippen molar-refractivity contribution in [3.8, 4) is 16.8 Å². The largest absolute Gasteiger partial charge is 0.333 e. The average Bonchev–Trinajstić information content (AvgIpc) is 3.76. The summed E-state index contributed by atoms with van der Waals surface area (Å²) in [4.78, 5) is 27.2. The fourth-order valence-corrected chi connectivity index (χ4v) is 5.27. The van der Waals surface area contributed by atoms with E-state index in [0.717, 1.165) is 56.2 Å². The van der Waals surface area contributed by atoms with Crippen LogP contribution in [0.5, 0.6) is 0 Å². The van der Waals surface area contributed by atoms with E-state index in [-0.39, 0.29) is 11.1 Å². The second-order valence-electron chi connectivity index (χ2n) is 10.3.